The summed E-state index contributed by atoms with van der Waals surface area (Å²) in [5.74, 6) is 0.751. The second-order valence-electron chi connectivity index (χ2n) is 4.10. The molecule has 0 unspecified atom stereocenters. The number of rotatable bonds is 0. The van der Waals surface area contributed by atoms with E-state index in [-0.39, 0.29) is 5.88 Å². The summed E-state index contributed by atoms with van der Waals surface area (Å²) in [5, 5.41) is 1.61. The third-order valence-corrected chi connectivity index (χ3v) is 3.16. The summed E-state index contributed by atoms with van der Waals surface area (Å²) in [5.41, 5.74) is 25.8. The lowest BCUT2D eigenvalue weighted by molar-refractivity contribution is 0.638. The highest BCUT2D eigenvalue weighted by Crippen LogP contribution is 2.37. The number of benzene rings is 1. The predicted octanol–water partition coefficient (Wildman–Crippen LogP) is 1.25. The first-order valence-corrected chi connectivity index (χ1v) is 5.11. The lowest BCUT2D eigenvalue weighted by Gasteiger charge is -1.97. The number of hydrogen-bond donors (Lipinski definition) is 4. The summed E-state index contributed by atoms with van der Waals surface area (Å²) in [6, 6.07) is 3.69. The molecule has 1 aromatic carbocycles. The summed E-state index contributed by atoms with van der Waals surface area (Å²) in [7, 11) is 1.84. The summed E-state index contributed by atoms with van der Waals surface area (Å²) in [6.07, 6.45) is 0. The molecule has 0 aliphatic rings. The maximum Gasteiger partial charge on any atom is 0.214 e. The molecule has 0 saturated heterocycles. The van der Waals surface area contributed by atoms with Crippen molar-refractivity contribution in [1.29, 1.82) is 0 Å². The summed E-state index contributed by atoms with van der Waals surface area (Å²) in [4.78, 5) is 0. The lowest BCUT2D eigenvalue weighted by Crippen LogP contribution is -1.97. The van der Waals surface area contributed by atoms with Gasteiger partial charge in [-0.25, -0.2) is 0 Å². The third kappa shape index (κ3) is 1.04. The van der Waals surface area contributed by atoms with E-state index in [0.29, 0.717) is 22.8 Å². The van der Waals surface area contributed by atoms with E-state index in [2.05, 4.69) is 0 Å². The zero-order valence-corrected chi connectivity index (χ0v) is 9.32. The largest absolute Gasteiger partial charge is 0.439 e. The summed E-state index contributed by atoms with van der Waals surface area (Å²) < 4.78 is 7.17. The Bertz CT molecular complexity index is 752. The molecule has 8 N–H and O–H groups in total. The van der Waals surface area contributed by atoms with E-state index in [4.69, 9.17) is 27.4 Å². The number of hydrogen-bond acceptors (Lipinski definition) is 5. The van der Waals surface area contributed by atoms with Gasteiger partial charge in [0.05, 0.1) is 11.2 Å². The molecule has 0 aliphatic carbocycles. The minimum absolute atomic E-state index is 0.224. The van der Waals surface area contributed by atoms with Crippen molar-refractivity contribution >= 4 is 44.9 Å². The van der Waals surface area contributed by atoms with Crippen molar-refractivity contribution in [2.75, 3.05) is 22.9 Å². The van der Waals surface area contributed by atoms with E-state index in [1.807, 2.05) is 19.2 Å². The fraction of sp³-hybridized carbons (Fsp3) is 0.0909. The molecule has 17 heavy (non-hydrogen) atoms. The van der Waals surface area contributed by atoms with E-state index in [1.54, 1.807) is 4.57 Å². The van der Waals surface area contributed by atoms with Crippen LogP contribution in [0.2, 0.25) is 0 Å². The van der Waals surface area contributed by atoms with Crippen LogP contribution in [0.1, 0.15) is 0 Å². The van der Waals surface area contributed by atoms with Crippen molar-refractivity contribution < 1.29 is 4.42 Å². The highest BCUT2D eigenvalue weighted by atomic mass is 16.3. The van der Waals surface area contributed by atoms with Crippen molar-refractivity contribution in [3.8, 4) is 0 Å². The molecular formula is C11H13N5O. The molecule has 0 radical (unpaired) electrons. The van der Waals surface area contributed by atoms with Gasteiger partial charge in [-0.2, -0.15) is 0 Å². The molecule has 0 amide bonds. The van der Waals surface area contributed by atoms with Gasteiger partial charge in [0.1, 0.15) is 17.1 Å². The van der Waals surface area contributed by atoms with Gasteiger partial charge in [0, 0.05) is 23.9 Å². The van der Waals surface area contributed by atoms with E-state index < -0.39 is 0 Å². The second kappa shape index (κ2) is 2.79. The van der Waals surface area contributed by atoms with Crippen LogP contribution in [-0.4, -0.2) is 4.57 Å². The normalized spacial score (nSPS) is 11.6. The number of nitrogens with two attached hydrogens (primary N) is 4. The standard InChI is InChI=1S/C11H13N5O/c1-16-6-3-7-5(9(13)11(15)17-7)2-4(6)8(12)10(16)14/h2-3H,12-15H2,1H3. The van der Waals surface area contributed by atoms with E-state index in [1.165, 1.54) is 0 Å². The van der Waals surface area contributed by atoms with Crippen LogP contribution in [-0.2, 0) is 7.05 Å². The minimum Gasteiger partial charge on any atom is -0.439 e. The molecule has 0 aliphatic heterocycles. The molecule has 3 aromatic rings. The van der Waals surface area contributed by atoms with Gasteiger partial charge in [-0.3, -0.25) is 0 Å². The fourth-order valence-electron chi connectivity index (χ4n) is 2.11. The average Bonchev–Trinajstić information content (AvgIpc) is 2.70. The van der Waals surface area contributed by atoms with Crippen LogP contribution >= 0.6 is 0 Å². The van der Waals surface area contributed by atoms with Gasteiger partial charge in [-0.1, -0.05) is 0 Å². The molecule has 2 heterocycles. The van der Waals surface area contributed by atoms with Crippen LogP contribution in [0.5, 0.6) is 0 Å². The lowest BCUT2D eigenvalue weighted by atomic mass is 10.1. The van der Waals surface area contributed by atoms with Gasteiger partial charge in [0.2, 0.25) is 5.88 Å². The Balaban J connectivity index is 2.56. The van der Waals surface area contributed by atoms with Crippen molar-refractivity contribution in [3.63, 3.8) is 0 Å². The molecule has 0 saturated carbocycles. The number of aromatic nitrogens is 1. The molecule has 3 rings (SSSR count). The van der Waals surface area contributed by atoms with E-state index >= 15 is 0 Å². The first-order valence-electron chi connectivity index (χ1n) is 5.11. The smallest absolute Gasteiger partial charge is 0.214 e. The number of furan rings is 1. The van der Waals surface area contributed by atoms with Crippen LogP contribution in [0.3, 0.4) is 0 Å². The zero-order valence-electron chi connectivity index (χ0n) is 9.32. The highest BCUT2D eigenvalue weighted by molar-refractivity contribution is 6.09. The van der Waals surface area contributed by atoms with E-state index in [9.17, 15) is 0 Å². The number of aryl methyl sites for hydroxylation is 1. The van der Waals surface area contributed by atoms with E-state index in [0.717, 1.165) is 16.3 Å². The number of fused-ring (bicyclic) bond motifs is 2. The fourth-order valence-corrected chi connectivity index (χ4v) is 2.11. The van der Waals surface area contributed by atoms with Crippen LogP contribution < -0.4 is 22.9 Å². The Labute approximate surface area is 96.7 Å². The molecule has 0 atom stereocenters. The summed E-state index contributed by atoms with van der Waals surface area (Å²) in [6.45, 7) is 0. The molecule has 6 nitrogen and oxygen atoms in total. The van der Waals surface area contributed by atoms with Crippen molar-refractivity contribution in [2.45, 2.75) is 0 Å². The molecular weight excluding hydrogens is 218 g/mol. The van der Waals surface area contributed by atoms with Gasteiger partial charge < -0.3 is 31.9 Å². The summed E-state index contributed by atoms with van der Waals surface area (Å²) >= 11 is 0. The quantitative estimate of drug-likeness (QED) is 0.463. The maximum absolute atomic E-state index is 5.94. The Kier molecular flexibility index (Phi) is 1.59. The average molecular weight is 231 g/mol. The molecule has 6 heteroatoms. The Morgan fingerprint density at radius 1 is 1.00 bits per heavy atom. The van der Waals surface area contributed by atoms with Crippen molar-refractivity contribution in [2.24, 2.45) is 7.05 Å². The SMILES string of the molecule is Cn1c(N)c(N)c2cc3c(N)c(N)oc3cc21. The van der Waals surface area contributed by atoms with Crippen LogP contribution in [0, 0.1) is 0 Å². The van der Waals surface area contributed by atoms with Crippen LogP contribution in [0.15, 0.2) is 16.5 Å². The van der Waals surface area contributed by atoms with Gasteiger partial charge >= 0.3 is 0 Å². The van der Waals surface area contributed by atoms with Crippen LogP contribution in [0.4, 0.5) is 23.1 Å². The first kappa shape index (κ1) is 9.71. The van der Waals surface area contributed by atoms with Gasteiger partial charge in [-0.15, -0.1) is 0 Å². The molecule has 2 aromatic heterocycles. The number of nitrogens with zero attached hydrogens (tertiary/aromatic N) is 1. The second-order valence-corrected chi connectivity index (χ2v) is 4.10. The Morgan fingerprint density at radius 2 is 1.71 bits per heavy atom. The van der Waals surface area contributed by atoms with Crippen molar-refractivity contribution in [1.82, 2.24) is 4.57 Å². The van der Waals surface area contributed by atoms with Gasteiger partial charge in [0.25, 0.3) is 0 Å². The molecule has 0 bridgehead atoms. The Morgan fingerprint density at radius 3 is 2.41 bits per heavy atom. The first-order chi connectivity index (χ1) is 8.00. The van der Waals surface area contributed by atoms with Crippen molar-refractivity contribution in [3.05, 3.63) is 12.1 Å². The number of nitrogen functional groups attached to an aromatic ring is 4. The highest BCUT2D eigenvalue weighted by Gasteiger charge is 2.15. The predicted molar refractivity (Wildman–Crippen MR) is 70.3 cm³/mol. The third-order valence-electron chi connectivity index (χ3n) is 3.16. The van der Waals surface area contributed by atoms with Gasteiger partial charge in [-0.05, 0) is 6.07 Å². The van der Waals surface area contributed by atoms with Gasteiger partial charge in [0.15, 0.2) is 0 Å². The minimum atomic E-state index is 0.224. The molecule has 88 valence electrons. The van der Waals surface area contributed by atoms with Crippen LogP contribution in [0.25, 0.3) is 21.9 Å². The zero-order chi connectivity index (χ0) is 12.3. The maximum atomic E-state index is 5.94. The number of anilines is 4. The molecule has 0 spiro atoms. The monoisotopic (exact) mass is 231 g/mol. The molecule has 0 fully saturated rings. The Hall–Kier alpha value is -2.50. The topological polar surface area (TPSA) is 122 Å².